The van der Waals surface area contributed by atoms with Crippen LogP contribution >= 0.6 is 0 Å². The molecule has 2 rings (SSSR count). The Hall–Kier alpha value is -1.18. The molecule has 21 heavy (non-hydrogen) atoms. The molecule has 0 spiro atoms. The van der Waals surface area contributed by atoms with Crippen LogP contribution < -0.4 is 5.32 Å². The Bertz CT molecular complexity index is 562. The molecule has 0 aliphatic carbocycles. The number of hydrogen-bond acceptors (Lipinski definition) is 5. The molecule has 0 saturated carbocycles. The van der Waals surface area contributed by atoms with E-state index in [0.29, 0.717) is 25.5 Å². The summed E-state index contributed by atoms with van der Waals surface area (Å²) in [6.45, 7) is 6.08. The van der Waals surface area contributed by atoms with Gasteiger partial charge in [-0.3, -0.25) is 0 Å². The van der Waals surface area contributed by atoms with Gasteiger partial charge in [-0.2, -0.15) is 4.31 Å². The summed E-state index contributed by atoms with van der Waals surface area (Å²) in [7, 11) is -3.48. The van der Waals surface area contributed by atoms with Gasteiger partial charge in [-0.1, -0.05) is 13.8 Å². The topological polar surface area (TPSA) is 71.5 Å². The summed E-state index contributed by atoms with van der Waals surface area (Å²) in [5.74, 6) is 0.596. The van der Waals surface area contributed by atoms with Crippen molar-refractivity contribution in [1.29, 1.82) is 0 Å². The molecule has 1 fully saturated rings. The van der Waals surface area contributed by atoms with Gasteiger partial charge in [0.15, 0.2) is 0 Å². The smallest absolute Gasteiger partial charge is 0.243 e. The van der Waals surface area contributed by atoms with Gasteiger partial charge in [0.1, 0.15) is 5.82 Å². The molecular formula is C14H23N3O3S. The summed E-state index contributed by atoms with van der Waals surface area (Å²) in [6, 6.07) is 3.14. The van der Waals surface area contributed by atoms with Crippen molar-refractivity contribution in [3.8, 4) is 0 Å². The number of ether oxygens (including phenoxy) is 1. The second-order valence-electron chi connectivity index (χ2n) is 5.07. The van der Waals surface area contributed by atoms with Crippen LogP contribution in [0.5, 0.6) is 0 Å². The average Bonchev–Trinajstić information content (AvgIpc) is 2.53. The molecule has 1 aliphatic heterocycles. The summed E-state index contributed by atoms with van der Waals surface area (Å²) in [5, 5.41) is 3.11. The van der Waals surface area contributed by atoms with Crippen molar-refractivity contribution in [2.24, 2.45) is 0 Å². The van der Waals surface area contributed by atoms with Crippen molar-refractivity contribution in [3.05, 3.63) is 18.3 Å². The fraction of sp³-hybridized carbons (Fsp3) is 0.643. The largest absolute Gasteiger partial charge is 0.375 e. The van der Waals surface area contributed by atoms with Gasteiger partial charge in [-0.15, -0.1) is 0 Å². The third-order valence-electron chi connectivity index (χ3n) is 3.48. The number of sulfonamides is 1. The molecular weight excluding hydrogens is 290 g/mol. The number of aromatic nitrogens is 1. The van der Waals surface area contributed by atoms with Crippen molar-refractivity contribution in [2.45, 2.75) is 37.7 Å². The van der Waals surface area contributed by atoms with Gasteiger partial charge in [0.2, 0.25) is 10.0 Å². The molecule has 7 heteroatoms. The van der Waals surface area contributed by atoms with E-state index in [1.807, 2.05) is 13.8 Å². The summed E-state index contributed by atoms with van der Waals surface area (Å²) in [6.07, 6.45) is 3.28. The van der Waals surface area contributed by atoms with Crippen LogP contribution in [0.15, 0.2) is 23.2 Å². The molecule has 1 unspecified atom stereocenters. The third kappa shape index (κ3) is 3.93. The summed E-state index contributed by atoms with van der Waals surface area (Å²) >= 11 is 0. The summed E-state index contributed by atoms with van der Waals surface area (Å²) in [5.41, 5.74) is 0. The van der Waals surface area contributed by atoms with Crippen molar-refractivity contribution >= 4 is 15.8 Å². The lowest BCUT2D eigenvalue weighted by atomic mass is 10.2. The molecule has 0 amide bonds. The Balaban J connectivity index is 2.18. The predicted molar refractivity (Wildman–Crippen MR) is 81.8 cm³/mol. The molecule has 118 valence electrons. The van der Waals surface area contributed by atoms with E-state index in [1.54, 1.807) is 12.1 Å². The number of nitrogens with one attached hydrogen (secondary N) is 1. The van der Waals surface area contributed by atoms with Crippen molar-refractivity contribution in [1.82, 2.24) is 9.29 Å². The molecule has 1 aromatic rings. The summed E-state index contributed by atoms with van der Waals surface area (Å²) < 4.78 is 32.4. The number of rotatable bonds is 6. The van der Waals surface area contributed by atoms with E-state index in [2.05, 4.69) is 10.3 Å². The zero-order chi connectivity index (χ0) is 15.3. The molecule has 6 nitrogen and oxygen atoms in total. The van der Waals surface area contributed by atoms with Crippen LogP contribution in [0.2, 0.25) is 0 Å². The lowest BCUT2D eigenvalue weighted by Crippen LogP contribution is -2.45. The Morgan fingerprint density at radius 3 is 3.00 bits per heavy atom. The van der Waals surface area contributed by atoms with E-state index in [9.17, 15) is 8.42 Å². The van der Waals surface area contributed by atoms with Gasteiger partial charge in [-0.05, 0) is 18.9 Å². The second kappa shape index (κ2) is 7.20. The first-order valence-corrected chi connectivity index (χ1v) is 8.83. The molecule has 1 atom stereocenters. The Morgan fingerprint density at radius 1 is 1.48 bits per heavy atom. The molecule has 0 bridgehead atoms. The molecule has 2 heterocycles. The Labute approximate surface area is 126 Å². The normalized spacial score (nSPS) is 20.4. The monoisotopic (exact) mass is 313 g/mol. The summed E-state index contributed by atoms with van der Waals surface area (Å²) in [4.78, 5) is 4.43. The van der Waals surface area contributed by atoms with Gasteiger partial charge in [-0.25, -0.2) is 13.4 Å². The number of pyridine rings is 1. The number of nitrogens with zero attached hydrogens (tertiary/aromatic N) is 2. The standard InChI is InChI=1S/C14H23N3O3S/c1-3-6-15-14-10-13(5-7-16-14)21(18,19)17-8-9-20-12(4-2)11-17/h5,7,10,12H,3-4,6,8-9,11H2,1-2H3,(H,15,16). The fourth-order valence-corrected chi connectivity index (χ4v) is 3.70. The van der Waals surface area contributed by atoms with Gasteiger partial charge in [0.05, 0.1) is 17.6 Å². The van der Waals surface area contributed by atoms with E-state index in [4.69, 9.17) is 4.74 Å². The molecule has 0 radical (unpaired) electrons. The van der Waals surface area contributed by atoms with E-state index in [0.717, 1.165) is 19.4 Å². The maximum absolute atomic E-state index is 12.7. The first-order chi connectivity index (χ1) is 10.1. The maximum Gasteiger partial charge on any atom is 0.243 e. The average molecular weight is 313 g/mol. The molecule has 1 saturated heterocycles. The highest BCUT2D eigenvalue weighted by molar-refractivity contribution is 7.89. The van der Waals surface area contributed by atoms with Crippen LogP contribution in [-0.2, 0) is 14.8 Å². The molecule has 1 aliphatic rings. The highest BCUT2D eigenvalue weighted by Gasteiger charge is 2.30. The molecule has 1 N–H and O–H groups in total. The predicted octanol–water partition coefficient (Wildman–Crippen LogP) is 1.70. The van der Waals surface area contributed by atoms with Gasteiger partial charge >= 0.3 is 0 Å². The van der Waals surface area contributed by atoms with E-state index in [1.165, 1.54) is 10.5 Å². The molecule has 1 aromatic heterocycles. The SMILES string of the molecule is CCCNc1cc(S(=O)(=O)N2CCOC(CC)C2)ccn1. The minimum Gasteiger partial charge on any atom is -0.375 e. The fourth-order valence-electron chi connectivity index (χ4n) is 2.23. The van der Waals surface area contributed by atoms with Crippen molar-refractivity contribution in [3.63, 3.8) is 0 Å². The first-order valence-electron chi connectivity index (χ1n) is 7.39. The van der Waals surface area contributed by atoms with Crippen LogP contribution in [0.3, 0.4) is 0 Å². The Morgan fingerprint density at radius 2 is 2.29 bits per heavy atom. The van der Waals surface area contributed by atoms with E-state index in [-0.39, 0.29) is 11.0 Å². The Kier molecular flexibility index (Phi) is 5.55. The van der Waals surface area contributed by atoms with Crippen LogP contribution in [0, 0.1) is 0 Å². The highest BCUT2D eigenvalue weighted by atomic mass is 32.2. The lowest BCUT2D eigenvalue weighted by molar-refractivity contribution is -0.00277. The maximum atomic E-state index is 12.7. The number of anilines is 1. The third-order valence-corrected chi connectivity index (χ3v) is 5.34. The van der Waals surface area contributed by atoms with Gasteiger partial charge < -0.3 is 10.1 Å². The van der Waals surface area contributed by atoms with Crippen molar-refractivity contribution < 1.29 is 13.2 Å². The highest BCUT2D eigenvalue weighted by Crippen LogP contribution is 2.21. The number of hydrogen-bond donors (Lipinski definition) is 1. The minimum atomic E-state index is -3.48. The first kappa shape index (κ1) is 16.2. The van der Waals surface area contributed by atoms with E-state index >= 15 is 0 Å². The lowest BCUT2D eigenvalue weighted by Gasteiger charge is -2.31. The number of morpholine rings is 1. The quantitative estimate of drug-likeness (QED) is 0.865. The van der Waals surface area contributed by atoms with Crippen LogP contribution in [0.4, 0.5) is 5.82 Å². The molecule has 0 aromatic carbocycles. The van der Waals surface area contributed by atoms with Gasteiger partial charge in [0.25, 0.3) is 0 Å². The second-order valence-corrected chi connectivity index (χ2v) is 7.01. The van der Waals surface area contributed by atoms with Crippen molar-refractivity contribution in [2.75, 3.05) is 31.6 Å². The van der Waals surface area contributed by atoms with Crippen LogP contribution in [0.1, 0.15) is 26.7 Å². The van der Waals surface area contributed by atoms with Crippen LogP contribution in [-0.4, -0.2) is 50.1 Å². The zero-order valence-electron chi connectivity index (χ0n) is 12.6. The van der Waals surface area contributed by atoms with E-state index < -0.39 is 10.0 Å². The zero-order valence-corrected chi connectivity index (χ0v) is 13.4. The minimum absolute atomic E-state index is 0.0203. The van der Waals surface area contributed by atoms with Gasteiger partial charge in [0, 0.05) is 31.9 Å². The van der Waals surface area contributed by atoms with Crippen LogP contribution in [0.25, 0.3) is 0 Å².